The van der Waals surface area contributed by atoms with E-state index in [9.17, 15) is 23.1 Å². The van der Waals surface area contributed by atoms with Crippen molar-refractivity contribution in [2.45, 2.75) is 49.3 Å². The molecule has 0 bridgehead atoms. The molecule has 2 N–H and O–H groups in total. The van der Waals surface area contributed by atoms with E-state index in [1.165, 1.54) is 12.1 Å². The quantitative estimate of drug-likeness (QED) is 0.237. The SMILES string of the molecule is CCSc1ccc(C(CO)NC(=O)c2ccc3c(c2)cc(Cc2ccc(C(F)(F)F)cc2)n3C2CC2)nc1. The summed E-state index contributed by atoms with van der Waals surface area (Å²) in [5, 5.41) is 13.7. The first-order chi connectivity index (χ1) is 18.3. The van der Waals surface area contributed by atoms with Crippen LogP contribution in [0.1, 0.15) is 64.7 Å². The van der Waals surface area contributed by atoms with Crippen molar-refractivity contribution < 1.29 is 23.1 Å². The van der Waals surface area contributed by atoms with E-state index in [1.54, 1.807) is 24.0 Å². The highest BCUT2D eigenvalue weighted by Gasteiger charge is 2.30. The van der Waals surface area contributed by atoms with Crippen LogP contribution in [-0.4, -0.2) is 32.9 Å². The van der Waals surface area contributed by atoms with Crippen LogP contribution in [-0.2, 0) is 12.6 Å². The van der Waals surface area contributed by atoms with E-state index in [0.717, 1.165) is 57.8 Å². The molecule has 1 fully saturated rings. The lowest BCUT2D eigenvalue weighted by molar-refractivity contribution is -0.137. The number of carbonyl (C=O) groups is 1. The number of fused-ring (bicyclic) bond motifs is 1. The van der Waals surface area contributed by atoms with Gasteiger partial charge in [0.15, 0.2) is 0 Å². The van der Waals surface area contributed by atoms with Crippen LogP contribution in [0.25, 0.3) is 10.9 Å². The maximum atomic E-state index is 13.1. The predicted octanol–water partition coefficient (Wildman–Crippen LogP) is 6.56. The summed E-state index contributed by atoms with van der Waals surface area (Å²) >= 11 is 1.67. The number of nitrogens with one attached hydrogen (secondary N) is 1. The average Bonchev–Trinajstić information content (AvgIpc) is 3.68. The summed E-state index contributed by atoms with van der Waals surface area (Å²) in [5.41, 5.74) is 3.18. The third-order valence-corrected chi connectivity index (χ3v) is 7.54. The minimum Gasteiger partial charge on any atom is -0.394 e. The highest BCUT2D eigenvalue weighted by atomic mass is 32.2. The van der Waals surface area contributed by atoms with E-state index >= 15 is 0 Å². The maximum Gasteiger partial charge on any atom is 0.416 e. The Bertz CT molecular complexity index is 1430. The first-order valence-electron chi connectivity index (χ1n) is 12.6. The summed E-state index contributed by atoms with van der Waals surface area (Å²) in [7, 11) is 0. The Morgan fingerprint density at radius 3 is 2.50 bits per heavy atom. The largest absolute Gasteiger partial charge is 0.416 e. The summed E-state index contributed by atoms with van der Waals surface area (Å²) in [6.07, 6.45) is -0.0286. The van der Waals surface area contributed by atoms with Gasteiger partial charge >= 0.3 is 6.18 Å². The minimum absolute atomic E-state index is 0.281. The Labute approximate surface area is 223 Å². The second kappa shape index (κ2) is 10.8. The molecule has 0 saturated heterocycles. The van der Waals surface area contributed by atoms with Crippen molar-refractivity contribution in [1.82, 2.24) is 14.9 Å². The molecule has 4 aromatic rings. The molecule has 2 heterocycles. The van der Waals surface area contributed by atoms with E-state index in [4.69, 9.17) is 0 Å². The van der Waals surface area contributed by atoms with Gasteiger partial charge in [0, 0.05) is 45.7 Å². The molecule has 2 aromatic carbocycles. The van der Waals surface area contributed by atoms with Gasteiger partial charge in [-0.15, -0.1) is 11.8 Å². The monoisotopic (exact) mass is 539 g/mol. The molecule has 5 rings (SSSR count). The third kappa shape index (κ3) is 5.73. The van der Waals surface area contributed by atoms with E-state index in [2.05, 4.69) is 21.8 Å². The van der Waals surface area contributed by atoms with Crippen LogP contribution in [0.5, 0.6) is 0 Å². The fourth-order valence-corrected chi connectivity index (χ4v) is 5.28. The van der Waals surface area contributed by atoms with Gasteiger partial charge in [0.05, 0.1) is 23.9 Å². The molecule has 0 spiro atoms. The number of aromatic nitrogens is 2. The molecule has 38 heavy (non-hydrogen) atoms. The summed E-state index contributed by atoms with van der Waals surface area (Å²) < 4.78 is 41.1. The number of hydrogen-bond acceptors (Lipinski definition) is 4. The number of rotatable bonds is 9. The molecule has 0 aliphatic heterocycles. The molecule has 198 valence electrons. The molecule has 1 amide bonds. The van der Waals surface area contributed by atoms with Crippen molar-refractivity contribution in [2.24, 2.45) is 0 Å². The first kappa shape index (κ1) is 26.3. The highest BCUT2D eigenvalue weighted by Crippen LogP contribution is 2.40. The maximum absolute atomic E-state index is 13.1. The van der Waals surface area contributed by atoms with Gasteiger partial charge in [-0.1, -0.05) is 19.1 Å². The van der Waals surface area contributed by atoms with Crippen LogP contribution in [0.4, 0.5) is 13.2 Å². The molecule has 1 atom stereocenters. The molecular formula is C29H28F3N3O2S. The zero-order valence-electron chi connectivity index (χ0n) is 20.8. The van der Waals surface area contributed by atoms with Gasteiger partial charge in [-0.05, 0) is 72.7 Å². The lowest BCUT2D eigenvalue weighted by Crippen LogP contribution is -2.31. The number of halogens is 3. The van der Waals surface area contributed by atoms with Gasteiger partial charge in [-0.2, -0.15) is 13.2 Å². The van der Waals surface area contributed by atoms with Crippen LogP contribution in [0.3, 0.4) is 0 Å². The topological polar surface area (TPSA) is 67.2 Å². The Kier molecular flexibility index (Phi) is 7.49. The van der Waals surface area contributed by atoms with Gasteiger partial charge in [-0.3, -0.25) is 9.78 Å². The summed E-state index contributed by atoms with van der Waals surface area (Å²) in [5.74, 6) is 0.612. The summed E-state index contributed by atoms with van der Waals surface area (Å²) in [6.45, 7) is 1.78. The zero-order chi connectivity index (χ0) is 26.9. The summed E-state index contributed by atoms with van der Waals surface area (Å²) in [6, 6.07) is 16.3. The number of hydrogen-bond donors (Lipinski definition) is 2. The van der Waals surface area contributed by atoms with E-state index in [1.807, 2.05) is 30.3 Å². The third-order valence-electron chi connectivity index (χ3n) is 6.67. The Morgan fingerprint density at radius 1 is 1.13 bits per heavy atom. The van der Waals surface area contributed by atoms with Gasteiger partial charge in [-0.25, -0.2) is 0 Å². The Hall–Kier alpha value is -3.30. The number of aliphatic hydroxyl groups excluding tert-OH is 1. The molecule has 1 unspecified atom stereocenters. The molecule has 0 radical (unpaired) electrons. The Morgan fingerprint density at radius 2 is 1.89 bits per heavy atom. The molecule has 5 nitrogen and oxygen atoms in total. The smallest absolute Gasteiger partial charge is 0.394 e. The van der Waals surface area contributed by atoms with Crippen LogP contribution in [0.2, 0.25) is 0 Å². The zero-order valence-corrected chi connectivity index (χ0v) is 21.6. The number of alkyl halides is 3. The van der Waals surface area contributed by atoms with Gasteiger partial charge < -0.3 is 15.0 Å². The standard InChI is InChI=1S/C29H28F3N3O2S/c1-2-38-24-10-11-25(33-16-24)26(17-36)34-28(37)19-5-12-27-20(14-19)15-23(35(27)22-8-9-22)13-18-3-6-21(7-4-18)29(30,31)32/h3-7,10-12,14-16,22,26,36H,2,8-9,13,17H2,1H3,(H,34,37). The lowest BCUT2D eigenvalue weighted by atomic mass is 10.1. The predicted molar refractivity (Wildman–Crippen MR) is 142 cm³/mol. The molecular weight excluding hydrogens is 511 g/mol. The number of nitrogens with zero attached hydrogens (tertiary/aromatic N) is 2. The van der Waals surface area contributed by atoms with Crippen LogP contribution >= 0.6 is 11.8 Å². The Balaban J connectivity index is 1.37. The lowest BCUT2D eigenvalue weighted by Gasteiger charge is -2.16. The van der Waals surface area contributed by atoms with Crippen molar-refractivity contribution in [3.63, 3.8) is 0 Å². The van der Waals surface area contributed by atoms with Crippen molar-refractivity contribution in [3.8, 4) is 0 Å². The number of carbonyl (C=O) groups excluding carboxylic acids is 1. The summed E-state index contributed by atoms with van der Waals surface area (Å²) in [4.78, 5) is 18.5. The van der Waals surface area contributed by atoms with Crippen molar-refractivity contribution in [1.29, 1.82) is 0 Å². The van der Waals surface area contributed by atoms with E-state index < -0.39 is 17.8 Å². The van der Waals surface area contributed by atoms with Crippen LogP contribution in [0, 0.1) is 0 Å². The fourth-order valence-electron chi connectivity index (χ4n) is 4.66. The number of pyridine rings is 1. The van der Waals surface area contributed by atoms with Gasteiger partial charge in [0.2, 0.25) is 0 Å². The van der Waals surface area contributed by atoms with Gasteiger partial charge in [0.25, 0.3) is 5.91 Å². The van der Waals surface area contributed by atoms with Crippen molar-refractivity contribution >= 4 is 28.6 Å². The molecule has 2 aromatic heterocycles. The highest BCUT2D eigenvalue weighted by molar-refractivity contribution is 7.99. The van der Waals surface area contributed by atoms with Crippen LogP contribution in [0.15, 0.2) is 71.8 Å². The first-order valence-corrected chi connectivity index (χ1v) is 13.6. The fraction of sp³-hybridized carbons (Fsp3) is 0.310. The number of thioether (sulfide) groups is 1. The number of aliphatic hydroxyl groups is 1. The molecule has 9 heteroatoms. The minimum atomic E-state index is -4.36. The second-order valence-corrected chi connectivity index (χ2v) is 10.8. The number of benzene rings is 2. The van der Waals surface area contributed by atoms with Gasteiger partial charge in [0.1, 0.15) is 0 Å². The normalized spacial score (nSPS) is 14.6. The molecule has 1 saturated carbocycles. The molecule has 1 aliphatic rings. The van der Waals surface area contributed by atoms with Crippen LogP contribution < -0.4 is 5.32 Å². The number of amides is 1. The van der Waals surface area contributed by atoms with Crippen molar-refractivity contribution in [3.05, 3.63) is 94.9 Å². The van der Waals surface area contributed by atoms with Crippen molar-refractivity contribution in [2.75, 3.05) is 12.4 Å². The van der Waals surface area contributed by atoms with E-state index in [-0.39, 0.29) is 12.5 Å². The molecule has 1 aliphatic carbocycles. The average molecular weight is 540 g/mol. The second-order valence-electron chi connectivity index (χ2n) is 9.44. The van der Waals surface area contributed by atoms with E-state index in [0.29, 0.717) is 23.7 Å².